The summed E-state index contributed by atoms with van der Waals surface area (Å²) >= 11 is 0. The zero-order valence-corrected chi connectivity index (χ0v) is 15.2. The number of nitrogens with one attached hydrogen (secondary N) is 1. The average Bonchev–Trinajstić information content (AvgIpc) is 2.61. The Bertz CT molecular complexity index is 520. The standard InChI is InChI=1S/C19H30N2O4/c1-2-3-4-10-15-25-19(22)13-6-5-9-14-20-16-17-11-7-8-12-18(17)21(23)24/h7-8,11-12,20H,2-6,9-10,13-16H2,1H3. The van der Waals surface area contributed by atoms with Crippen molar-refractivity contribution in [2.24, 2.45) is 0 Å². The molecule has 25 heavy (non-hydrogen) atoms. The van der Waals surface area contributed by atoms with Gasteiger partial charge in [-0.3, -0.25) is 14.9 Å². The largest absolute Gasteiger partial charge is 0.466 e. The summed E-state index contributed by atoms with van der Waals surface area (Å²) in [7, 11) is 0. The molecule has 0 aliphatic carbocycles. The molecular formula is C19H30N2O4. The molecular weight excluding hydrogens is 320 g/mol. The van der Waals surface area contributed by atoms with Crippen molar-refractivity contribution in [2.75, 3.05) is 13.2 Å². The predicted octanol–water partition coefficient (Wildman–Crippen LogP) is 4.37. The maximum atomic E-state index is 11.5. The first-order chi connectivity index (χ1) is 12.1. The molecule has 0 bridgehead atoms. The molecule has 140 valence electrons. The second-order valence-corrected chi connectivity index (χ2v) is 6.15. The summed E-state index contributed by atoms with van der Waals surface area (Å²) in [6.45, 7) is 3.95. The molecule has 0 heterocycles. The van der Waals surface area contributed by atoms with E-state index in [2.05, 4.69) is 12.2 Å². The van der Waals surface area contributed by atoms with E-state index in [1.165, 1.54) is 18.9 Å². The lowest BCUT2D eigenvalue weighted by atomic mass is 10.1. The average molecular weight is 350 g/mol. The van der Waals surface area contributed by atoms with Gasteiger partial charge in [-0.1, -0.05) is 50.8 Å². The van der Waals surface area contributed by atoms with Crippen molar-refractivity contribution in [3.8, 4) is 0 Å². The highest BCUT2D eigenvalue weighted by atomic mass is 16.6. The monoisotopic (exact) mass is 350 g/mol. The van der Waals surface area contributed by atoms with Crippen molar-refractivity contribution < 1.29 is 14.5 Å². The quantitative estimate of drug-likeness (QED) is 0.233. The lowest BCUT2D eigenvalue weighted by molar-refractivity contribution is -0.385. The first-order valence-electron chi connectivity index (χ1n) is 9.23. The highest BCUT2D eigenvalue weighted by Gasteiger charge is 2.11. The molecule has 0 unspecified atom stereocenters. The van der Waals surface area contributed by atoms with Gasteiger partial charge in [-0.15, -0.1) is 0 Å². The van der Waals surface area contributed by atoms with Gasteiger partial charge in [0.05, 0.1) is 11.5 Å². The number of esters is 1. The normalized spacial score (nSPS) is 10.6. The van der Waals surface area contributed by atoms with Crippen LogP contribution >= 0.6 is 0 Å². The molecule has 1 aromatic carbocycles. The summed E-state index contributed by atoms with van der Waals surface area (Å²) in [5.41, 5.74) is 0.843. The minimum Gasteiger partial charge on any atom is -0.466 e. The summed E-state index contributed by atoms with van der Waals surface area (Å²) in [5, 5.41) is 14.1. The molecule has 0 spiro atoms. The molecule has 0 atom stereocenters. The van der Waals surface area contributed by atoms with Crippen molar-refractivity contribution in [3.63, 3.8) is 0 Å². The summed E-state index contributed by atoms with van der Waals surface area (Å²) < 4.78 is 5.19. The van der Waals surface area contributed by atoms with Gasteiger partial charge < -0.3 is 10.1 Å². The van der Waals surface area contributed by atoms with E-state index < -0.39 is 0 Å². The van der Waals surface area contributed by atoms with Gasteiger partial charge in [-0.2, -0.15) is 0 Å². The Kier molecular flexibility index (Phi) is 11.3. The van der Waals surface area contributed by atoms with Gasteiger partial charge in [0.1, 0.15) is 0 Å². The Labute approximate surface area is 150 Å². The van der Waals surface area contributed by atoms with Crippen LogP contribution in [0.4, 0.5) is 5.69 Å². The number of nitro benzene ring substituents is 1. The molecule has 0 aliphatic heterocycles. The number of unbranched alkanes of at least 4 members (excludes halogenated alkanes) is 5. The van der Waals surface area contributed by atoms with E-state index in [0.717, 1.165) is 38.6 Å². The third-order valence-corrected chi connectivity index (χ3v) is 4.00. The maximum Gasteiger partial charge on any atom is 0.305 e. The summed E-state index contributed by atoms with van der Waals surface area (Å²) in [5.74, 6) is -0.107. The molecule has 0 aromatic heterocycles. The third kappa shape index (κ3) is 9.82. The first-order valence-corrected chi connectivity index (χ1v) is 9.23. The van der Waals surface area contributed by atoms with Gasteiger partial charge in [0, 0.05) is 24.6 Å². The first kappa shape index (κ1) is 21.1. The molecule has 0 fully saturated rings. The van der Waals surface area contributed by atoms with Crippen LogP contribution in [0.3, 0.4) is 0 Å². The zero-order chi connectivity index (χ0) is 18.3. The van der Waals surface area contributed by atoms with E-state index in [1.54, 1.807) is 18.2 Å². The molecule has 1 rings (SSSR count). The number of nitro groups is 1. The van der Waals surface area contributed by atoms with Crippen LogP contribution < -0.4 is 5.32 Å². The molecule has 1 aromatic rings. The van der Waals surface area contributed by atoms with Gasteiger partial charge in [-0.25, -0.2) is 0 Å². The maximum absolute atomic E-state index is 11.5. The second-order valence-electron chi connectivity index (χ2n) is 6.15. The summed E-state index contributed by atoms with van der Waals surface area (Å²) in [6.07, 6.45) is 7.61. The summed E-state index contributed by atoms with van der Waals surface area (Å²) in [4.78, 5) is 22.1. The smallest absolute Gasteiger partial charge is 0.305 e. The number of ether oxygens (including phenoxy) is 1. The Morgan fingerprint density at radius 1 is 1.12 bits per heavy atom. The minimum absolute atomic E-state index is 0.107. The summed E-state index contributed by atoms with van der Waals surface area (Å²) in [6, 6.07) is 6.76. The van der Waals surface area contributed by atoms with E-state index in [9.17, 15) is 14.9 Å². The van der Waals surface area contributed by atoms with Gasteiger partial charge in [0.15, 0.2) is 0 Å². The van der Waals surface area contributed by atoms with Crippen LogP contribution in [-0.2, 0) is 16.1 Å². The highest BCUT2D eigenvalue weighted by molar-refractivity contribution is 5.69. The fourth-order valence-corrected chi connectivity index (χ4v) is 2.54. The number of carbonyl (C=O) groups is 1. The molecule has 6 nitrogen and oxygen atoms in total. The SMILES string of the molecule is CCCCCCOC(=O)CCCCCNCc1ccccc1[N+](=O)[O-]. The van der Waals surface area contributed by atoms with Gasteiger partial charge in [-0.05, 0) is 25.8 Å². The van der Waals surface area contributed by atoms with E-state index in [4.69, 9.17) is 4.74 Å². The van der Waals surface area contributed by atoms with Crippen molar-refractivity contribution in [3.05, 3.63) is 39.9 Å². The molecule has 0 saturated heterocycles. The number of hydrogen-bond donors (Lipinski definition) is 1. The molecule has 0 saturated carbocycles. The Morgan fingerprint density at radius 2 is 1.88 bits per heavy atom. The molecule has 6 heteroatoms. The van der Waals surface area contributed by atoms with E-state index in [-0.39, 0.29) is 16.6 Å². The predicted molar refractivity (Wildman–Crippen MR) is 98.4 cm³/mol. The van der Waals surface area contributed by atoms with Crippen LogP contribution in [0.2, 0.25) is 0 Å². The molecule has 0 amide bonds. The number of para-hydroxylation sites is 1. The fourth-order valence-electron chi connectivity index (χ4n) is 2.54. The Morgan fingerprint density at radius 3 is 2.64 bits per heavy atom. The van der Waals surface area contributed by atoms with Crippen molar-refractivity contribution >= 4 is 11.7 Å². The number of carbonyl (C=O) groups excluding carboxylic acids is 1. The molecule has 0 radical (unpaired) electrons. The van der Waals surface area contributed by atoms with Crippen LogP contribution in [0.5, 0.6) is 0 Å². The third-order valence-electron chi connectivity index (χ3n) is 4.00. The second kappa shape index (κ2) is 13.4. The van der Waals surface area contributed by atoms with Crippen molar-refractivity contribution in [1.29, 1.82) is 0 Å². The lowest BCUT2D eigenvalue weighted by Gasteiger charge is -2.06. The van der Waals surface area contributed by atoms with Gasteiger partial charge in [0.25, 0.3) is 5.69 Å². The van der Waals surface area contributed by atoms with Crippen LogP contribution in [0, 0.1) is 10.1 Å². The van der Waals surface area contributed by atoms with Crippen molar-refractivity contribution in [1.82, 2.24) is 5.32 Å². The fraction of sp³-hybridized carbons (Fsp3) is 0.632. The Balaban J connectivity index is 2.02. The van der Waals surface area contributed by atoms with Crippen LogP contribution in [0.25, 0.3) is 0 Å². The molecule has 0 aliphatic rings. The van der Waals surface area contributed by atoms with Crippen molar-refractivity contribution in [2.45, 2.75) is 64.8 Å². The number of benzene rings is 1. The van der Waals surface area contributed by atoms with Crippen LogP contribution in [0.1, 0.15) is 63.9 Å². The van der Waals surface area contributed by atoms with E-state index in [0.29, 0.717) is 25.1 Å². The van der Waals surface area contributed by atoms with Crippen LogP contribution in [0.15, 0.2) is 24.3 Å². The van der Waals surface area contributed by atoms with E-state index in [1.807, 2.05) is 0 Å². The van der Waals surface area contributed by atoms with Gasteiger partial charge in [0.2, 0.25) is 0 Å². The number of rotatable bonds is 14. The zero-order valence-electron chi connectivity index (χ0n) is 15.2. The van der Waals surface area contributed by atoms with Gasteiger partial charge >= 0.3 is 5.97 Å². The topological polar surface area (TPSA) is 81.5 Å². The number of hydrogen-bond acceptors (Lipinski definition) is 5. The Hall–Kier alpha value is -1.95. The lowest BCUT2D eigenvalue weighted by Crippen LogP contribution is -2.15. The minimum atomic E-state index is -0.356. The highest BCUT2D eigenvalue weighted by Crippen LogP contribution is 2.17. The van der Waals surface area contributed by atoms with Crippen LogP contribution in [-0.4, -0.2) is 24.0 Å². The van der Waals surface area contributed by atoms with E-state index >= 15 is 0 Å². The number of nitrogens with zero attached hydrogens (tertiary/aromatic N) is 1. The molecule has 1 N–H and O–H groups in total.